The van der Waals surface area contributed by atoms with Crippen LogP contribution in [-0.2, 0) is 0 Å². The molecule has 2 atom stereocenters. The first kappa shape index (κ1) is 16.4. The van der Waals surface area contributed by atoms with Gasteiger partial charge < -0.3 is 4.90 Å². The zero-order chi connectivity index (χ0) is 13.5. The van der Waals surface area contributed by atoms with Crippen molar-refractivity contribution in [3.05, 3.63) is 0 Å². The summed E-state index contributed by atoms with van der Waals surface area (Å²) in [5.74, 6) is 0. The summed E-state index contributed by atoms with van der Waals surface area (Å²) in [6.45, 7) is 11.6. The Bertz CT molecular complexity index is 244. The van der Waals surface area contributed by atoms with Gasteiger partial charge in [-0.2, -0.15) is 5.26 Å². The van der Waals surface area contributed by atoms with Gasteiger partial charge in [-0.3, -0.25) is 5.32 Å². The van der Waals surface area contributed by atoms with Crippen LogP contribution in [0.5, 0.6) is 0 Å². The van der Waals surface area contributed by atoms with E-state index in [4.69, 9.17) is 0 Å². The Kier molecular flexibility index (Phi) is 7.41. The Morgan fingerprint density at radius 3 is 2.35 bits per heavy atom. The van der Waals surface area contributed by atoms with E-state index in [1.165, 1.54) is 12.8 Å². The third-order valence-electron chi connectivity index (χ3n) is 3.28. The second kappa shape index (κ2) is 7.68. The van der Waals surface area contributed by atoms with Crippen LogP contribution in [0.4, 0.5) is 0 Å². The van der Waals surface area contributed by atoms with E-state index in [0.717, 1.165) is 13.0 Å². The van der Waals surface area contributed by atoms with Gasteiger partial charge in [0.25, 0.3) is 0 Å². The van der Waals surface area contributed by atoms with Gasteiger partial charge in [0.1, 0.15) is 5.54 Å². The molecule has 0 aliphatic carbocycles. The van der Waals surface area contributed by atoms with Crippen molar-refractivity contribution in [2.75, 3.05) is 13.6 Å². The average Bonchev–Trinajstić information content (AvgIpc) is 2.25. The number of nitriles is 1. The zero-order valence-corrected chi connectivity index (χ0v) is 12.4. The normalized spacial score (nSPS) is 16.9. The van der Waals surface area contributed by atoms with Gasteiger partial charge in [0, 0.05) is 18.6 Å². The average molecular weight is 239 g/mol. The third-order valence-corrected chi connectivity index (χ3v) is 3.28. The third kappa shape index (κ3) is 6.65. The maximum atomic E-state index is 9.26. The van der Waals surface area contributed by atoms with E-state index in [1.54, 1.807) is 0 Å². The van der Waals surface area contributed by atoms with Crippen LogP contribution < -0.4 is 5.32 Å². The lowest BCUT2D eigenvalue weighted by molar-refractivity contribution is 0.219. The van der Waals surface area contributed by atoms with Crippen LogP contribution in [0, 0.1) is 11.3 Å². The molecule has 0 radical (unpaired) electrons. The molecule has 0 aliphatic rings. The topological polar surface area (TPSA) is 39.1 Å². The lowest BCUT2D eigenvalue weighted by Gasteiger charge is -2.30. The molecule has 0 aliphatic heterocycles. The van der Waals surface area contributed by atoms with E-state index in [0.29, 0.717) is 12.1 Å². The molecule has 0 aromatic heterocycles. The van der Waals surface area contributed by atoms with Gasteiger partial charge in [-0.15, -0.1) is 0 Å². The monoisotopic (exact) mass is 239 g/mol. The Morgan fingerprint density at radius 2 is 1.94 bits per heavy atom. The van der Waals surface area contributed by atoms with Crippen molar-refractivity contribution in [2.24, 2.45) is 0 Å². The molecule has 0 aromatic rings. The fourth-order valence-corrected chi connectivity index (χ4v) is 2.06. The SMILES string of the molecule is CCCC(C)N(C)CCC(C)(C#N)NC(C)C. The van der Waals surface area contributed by atoms with Gasteiger partial charge in [-0.1, -0.05) is 13.3 Å². The fourth-order valence-electron chi connectivity index (χ4n) is 2.06. The Balaban J connectivity index is 4.19. The summed E-state index contributed by atoms with van der Waals surface area (Å²) in [6, 6.07) is 3.34. The van der Waals surface area contributed by atoms with E-state index in [-0.39, 0.29) is 0 Å². The summed E-state index contributed by atoms with van der Waals surface area (Å²) in [4.78, 5) is 2.35. The van der Waals surface area contributed by atoms with Gasteiger partial charge in [-0.25, -0.2) is 0 Å². The molecule has 17 heavy (non-hydrogen) atoms. The van der Waals surface area contributed by atoms with Crippen LogP contribution in [0.3, 0.4) is 0 Å². The van der Waals surface area contributed by atoms with Crippen LogP contribution in [0.1, 0.15) is 53.9 Å². The van der Waals surface area contributed by atoms with Crippen LogP contribution in [0.25, 0.3) is 0 Å². The van der Waals surface area contributed by atoms with Crippen molar-refractivity contribution in [3.63, 3.8) is 0 Å². The van der Waals surface area contributed by atoms with Gasteiger partial charge in [0.05, 0.1) is 6.07 Å². The van der Waals surface area contributed by atoms with Crippen molar-refractivity contribution >= 4 is 0 Å². The maximum Gasteiger partial charge on any atom is 0.105 e. The molecule has 3 heteroatoms. The highest BCUT2D eigenvalue weighted by Crippen LogP contribution is 2.12. The summed E-state index contributed by atoms with van der Waals surface area (Å²) in [5.41, 5.74) is -0.408. The lowest BCUT2D eigenvalue weighted by Crippen LogP contribution is -2.47. The van der Waals surface area contributed by atoms with Gasteiger partial charge in [-0.05, 0) is 47.6 Å². The standard InChI is InChI=1S/C14H29N3/c1-7-8-13(4)17(6)10-9-14(5,11-15)16-12(2)3/h12-13,16H,7-10H2,1-6H3. The van der Waals surface area contributed by atoms with Gasteiger partial charge >= 0.3 is 0 Å². The zero-order valence-electron chi connectivity index (χ0n) is 12.4. The number of hydrogen-bond acceptors (Lipinski definition) is 3. The predicted octanol–water partition coefficient (Wildman–Crippen LogP) is 2.78. The first-order valence-corrected chi connectivity index (χ1v) is 6.73. The molecule has 1 N–H and O–H groups in total. The van der Waals surface area contributed by atoms with E-state index < -0.39 is 5.54 Å². The molecular weight excluding hydrogens is 210 g/mol. The van der Waals surface area contributed by atoms with Crippen molar-refractivity contribution < 1.29 is 0 Å². The molecule has 0 saturated carbocycles. The molecule has 2 unspecified atom stereocenters. The van der Waals surface area contributed by atoms with E-state index >= 15 is 0 Å². The van der Waals surface area contributed by atoms with Crippen molar-refractivity contribution in [1.82, 2.24) is 10.2 Å². The second-order valence-electron chi connectivity index (χ2n) is 5.61. The highest BCUT2D eigenvalue weighted by atomic mass is 15.1. The summed E-state index contributed by atoms with van der Waals surface area (Å²) in [5, 5.41) is 12.6. The van der Waals surface area contributed by atoms with E-state index in [1.807, 2.05) is 6.92 Å². The van der Waals surface area contributed by atoms with Crippen molar-refractivity contribution in [2.45, 2.75) is 71.5 Å². The molecule has 3 nitrogen and oxygen atoms in total. The van der Waals surface area contributed by atoms with Crippen molar-refractivity contribution in [1.29, 1.82) is 5.26 Å². The van der Waals surface area contributed by atoms with E-state index in [2.05, 4.69) is 51.0 Å². The molecule has 100 valence electrons. The molecular formula is C14H29N3. The largest absolute Gasteiger partial charge is 0.304 e. The minimum atomic E-state index is -0.408. The van der Waals surface area contributed by atoms with Crippen LogP contribution in [0.2, 0.25) is 0 Å². The molecule has 0 heterocycles. The van der Waals surface area contributed by atoms with Crippen molar-refractivity contribution in [3.8, 4) is 6.07 Å². The Labute approximate surface area is 107 Å². The number of nitrogens with one attached hydrogen (secondary N) is 1. The first-order chi connectivity index (χ1) is 7.84. The van der Waals surface area contributed by atoms with Crippen LogP contribution in [-0.4, -0.2) is 36.1 Å². The van der Waals surface area contributed by atoms with Crippen LogP contribution >= 0.6 is 0 Å². The smallest absolute Gasteiger partial charge is 0.105 e. The number of hydrogen-bond donors (Lipinski definition) is 1. The molecule has 0 amide bonds. The fraction of sp³-hybridized carbons (Fsp3) is 0.929. The van der Waals surface area contributed by atoms with E-state index in [9.17, 15) is 5.26 Å². The Morgan fingerprint density at radius 1 is 1.35 bits per heavy atom. The number of nitrogens with zero attached hydrogens (tertiary/aromatic N) is 2. The first-order valence-electron chi connectivity index (χ1n) is 6.73. The quantitative estimate of drug-likeness (QED) is 0.708. The summed E-state index contributed by atoms with van der Waals surface area (Å²) in [6.07, 6.45) is 3.30. The van der Waals surface area contributed by atoms with Crippen LogP contribution in [0.15, 0.2) is 0 Å². The summed E-state index contributed by atoms with van der Waals surface area (Å²) < 4.78 is 0. The molecule has 0 saturated heterocycles. The molecule has 0 rings (SSSR count). The minimum Gasteiger partial charge on any atom is -0.304 e. The Hall–Kier alpha value is -0.590. The highest BCUT2D eigenvalue weighted by Gasteiger charge is 2.25. The summed E-state index contributed by atoms with van der Waals surface area (Å²) in [7, 11) is 2.15. The molecule has 0 bridgehead atoms. The maximum absolute atomic E-state index is 9.26. The predicted molar refractivity (Wildman–Crippen MR) is 73.9 cm³/mol. The molecule has 0 fully saturated rings. The summed E-state index contributed by atoms with van der Waals surface area (Å²) >= 11 is 0. The lowest BCUT2D eigenvalue weighted by atomic mass is 9.98. The van der Waals surface area contributed by atoms with Gasteiger partial charge in [0.15, 0.2) is 0 Å². The molecule has 0 spiro atoms. The number of rotatable bonds is 8. The highest BCUT2D eigenvalue weighted by molar-refractivity contribution is 5.04. The van der Waals surface area contributed by atoms with Gasteiger partial charge in [0.2, 0.25) is 0 Å². The second-order valence-corrected chi connectivity index (χ2v) is 5.61. The minimum absolute atomic E-state index is 0.345. The molecule has 0 aromatic carbocycles.